The summed E-state index contributed by atoms with van der Waals surface area (Å²) in [5.41, 5.74) is 3.20. The van der Waals surface area contributed by atoms with Gasteiger partial charge in [-0.2, -0.15) is 0 Å². The van der Waals surface area contributed by atoms with E-state index in [0.717, 1.165) is 53.3 Å². The van der Waals surface area contributed by atoms with Gasteiger partial charge in [-0.1, -0.05) is 6.07 Å². The van der Waals surface area contributed by atoms with E-state index in [1.54, 1.807) is 19.2 Å². The summed E-state index contributed by atoms with van der Waals surface area (Å²) < 4.78 is 24.2. The zero-order chi connectivity index (χ0) is 19.3. The summed E-state index contributed by atoms with van der Waals surface area (Å²) >= 11 is 0. The average molecular weight is 510 g/mol. The third-order valence-corrected chi connectivity index (χ3v) is 4.78. The summed E-state index contributed by atoms with van der Waals surface area (Å²) in [7, 11) is 1.75. The van der Waals surface area contributed by atoms with Crippen LogP contribution in [0.1, 0.15) is 11.1 Å². The molecule has 3 aromatic rings. The van der Waals surface area contributed by atoms with Crippen LogP contribution in [0.15, 0.2) is 47.6 Å². The summed E-state index contributed by atoms with van der Waals surface area (Å²) in [6, 6.07) is 10.8. The summed E-state index contributed by atoms with van der Waals surface area (Å²) in [6.45, 7) is 1.74. The first kappa shape index (κ1) is 21.2. The summed E-state index contributed by atoms with van der Waals surface area (Å²) in [6.07, 6.45) is 3.55. The van der Waals surface area contributed by atoms with E-state index < -0.39 is 0 Å². The minimum atomic E-state index is -0.220. The highest BCUT2D eigenvalue weighted by atomic mass is 127. The number of nitrogens with zero attached hydrogens (tertiary/aromatic N) is 1. The van der Waals surface area contributed by atoms with Gasteiger partial charge in [0, 0.05) is 37.2 Å². The molecule has 154 valence electrons. The molecular formula is C21H24FIN4O2. The molecule has 3 N–H and O–H groups in total. The van der Waals surface area contributed by atoms with Gasteiger partial charge in [0.25, 0.3) is 0 Å². The van der Waals surface area contributed by atoms with Gasteiger partial charge in [-0.05, 0) is 54.3 Å². The predicted octanol–water partition coefficient (Wildman–Crippen LogP) is 3.60. The van der Waals surface area contributed by atoms with Crippen molar-refractivity contribution in [2.75, 3.05) is 26.9 Å². The van der Waals surface area contributed by atoms with Crippen molar-refractivity contribution >= 4 is 40.8 Å². The monoisotopic (exact) mass is 510 g/mol. The lowest BCUT2D eigenvalue weighted by atomic mass is 10.1. The molecular weight excluding hydrogens is 486 g/mol. The van der Waals surface area contributed by atoms with Crippen LogP contribution in [0.4, 0.5) is 4.39 Å². The minimum Gasteiger partial charge on any atom is -0.454 e. The van der Waals surface area contributed by atoms with Crippen molar-refractivity contribution < 1.29 is 13.9 Å². The van der Waals surface area contributed by atoms with E-state index in [2.05, 4.69) is 20.6 Å². The van der Waals surface area contributed by atoms with Gasteiger partial charge in [0.15, 0.2) is 17.5 Å². The Balaban J connectivity index is 0.00000240. The molecule has 0 spiro atoms. The number of nitrogens with one attached hydrogen (secondary N) is 3. The van der Waals surface area contributed by atoms with Crippen LogP contribution in [0.3, 0.4) is 0 Å². The van der Waals surface area contributed by atoms with Crippen molar-refractivity contribution in [3.63, 3.8) is 0 Å². The minimum absolute atomic E-state index is 0. The van der Waals surface area contributed by atoms with E-state index in [-0.39, 0.29) is 36.6 Å². The molecule has 2 heterocycles. The Morgan fingerprint density at radius 1 is 1.07 bits per heavy atom. The third kappa shape index (κ3) is 5.11. The van der Waals surface area contributed by atoms with Gasteiger partial charge in [-0.15, -0.1) is 24.0 Å². The second-order valence-electron chi connectivity index (χ2n) is 6.62. The molecule has 0 fully saturated rings. The molecule has 1 aliphatic heterocycles. The molecule has 0 atom stereocenters. The van der Waals surface area contributed by atoms with Crippen LogP contribution >= 0.6 is 24.0 Å². The number of halogens is 2. The van der Waals surface area contributed by atoms with Crippen molar-refractivity contribution in [2.24, 2.45) is 4.99 Å². The van der Waals surface area contributed by atoms with Crippen LogP contribution in [-0.4, -0.2) is 37.9 Å². The van der Waals surface area contributed by atoms with Crippen LogP contribution in [0, 0.1) is 5.82 Å². The van der Waals surface area contributed by atoms with Crippen LogP contribution in [0.5, 0.6) is 11.5 Å². The molecule has 0 amide bonds. The number of ether oxygens (including phenoxy) is 2. The van der Waals surface area contributed by atoms with Crippen molar-refractivity contribution in [2.45, 2.75) is 12.8 Å². The van der Waals surface area contributed by atoms with Crippen LogP contribution in [0.2, 0.25) is 0 Å². The van der Waals surface area contributed by atoms with E-state index in [4.69, 9.17) is 9.47 Å². The molecule has 0 saturated carbocycles. The van der Waals surface area contributed by atoms with Crippen molar-refractivity contribution in [1.82, 2.24) is 15.6 Å². The van der Waals surface area contributed by atoms with Crippen molar-refractivity contribution in [3.8, 4) is 11.5 Å². The number of rotatable bonds is 6. The lowest BCUT2D eigenvalue weighted by Gasteiger charge is -2.12. The largest absolute Gasteiger partial charge is 0.454 e. The Morgan fingerprint density at radius 3 is 2.69 bits per heavy atom. The number of H-pyrrole nitrogens is 1. The van der Waals surface area contributed by atoms with E-state index in [9.17, 15) is 4.39 Å². The summed E-state index contributed by atoms with van der Waals surface area (Å²) in [5, 5.41) is 7.54. The quantitative estimate of drug-likeness (QED) is 0.269. The molecule has 0 radical (unpaired) electrons. The lowest BCUT2D eigenvalue weighted by molar-refractivity contribution is 0.174. The Kier molecular flexibility index (Phi) is 7.18. The maximum atomic E-state index is 13.5. The third-order valence-electron chi connectivity index (χ3n) is 4.78. The number of fused-ring (bicyclic) bond motifs is 2. The van der Waals surface area contributed by atoms with E-state index in [1.165, 1.54) is 11.6 Å². The van der Waals surface area contributed by atoms with E-state index >= 15 is 0 Å². The van der Waals surface area contributed by atoms with Gasteiger partial charge < -0.3 is 25.1 Å². The highest BCUT2D eigenvalue weighted by Gasteiger charge is 2.13. The molecule has 1 aliphatic rings. The number of hydrogen-bond donors (Lipinski definition) is 3. The topological polar surface area (TPSA) is 70.7 Å². The van der Waals surface area contributed by atoms with Crippen molar-refractivity contribution in [1.29, 1.82) is 0 Å². The summed E-state index contributed by atoms with van der Waals surface area (Å²) in [5.74, 6) is 2.12. The standard InChI is InChI=1S/C21H23FN4O2.HI/c1-23-21(24-8-6-14-2-5-19-20(10-14)28-13-27-19)25-9-7-15-12-26-18-4-3-16(22)11-17(15)18;/h2-5,10-12,26H,6-9,13H2,1H3,(H2,23,24,25);1H. The predicted molar refractivity (Wildman–Crippen MR) is 123 cm³/mol. The Hall–Kier alpha value is -2.49. The molecule has 0 saturated heterocycles. The molecule has 29 heavy (non-hydrogen) atoms. The molecule has 0 aliphatic carbocycles. The molecule has 1 aromatic heterocycles. The number of aliphatic imine (C=N–C) groups is 1. The number of aromatic amines is 1. The first-order valence-corrected chi connectivity index (χ1v) is 9.31. The number of hydrogen-bond acceptors (Lipinski definition) is 3. The second-order valence-corrected chi connectivity index (χ2v) is 6.62. The fraction of sp³-hybridized carbons (Fsp3) is 0.286. The maximum absolute atomic E-state index is 13.5. The normalized spacial score (nSPS) is 12.7. The van der Waals surface area contributed by atoms with Crippen molar-refractivity contribution in [3.05, 3.63) is 59.5 Å². The number of aromatic nitrogens is 1. The second kappa shape index (κ2) is 9.82. The first-order chi connectivity index (χ1) is 13.7. The van der Waals surface area contributed by atoms with Gasteiger partial charge >= 0.3 is 0 Å². The number of guanidine groups is 1. The number of benzene rings is 2. The van der Waals surface area contributed by atoms with E-state index in [1.807, 2.05) is 24.4 Å². The molecule has 4 rings (SSSR count). The molecule has 6 nitrogen and oxygen atoms in total. The summed E-state index contributed by atoms with van der Waals surface area (Å²) in [4.78, 5) is 7.43. The molecule has 8 heteroatoms. The van der Waals surface area contributed by atoms with Gasteiger partial charge in [0.05, 0.1) is 0 Å². The first-order valence-electron chi connectivity index (χ1n) is 9.31. The Labute approximate surface area is 185 Å². The highest BCUT2D eigenvalue weighted by molar-refractivity contribution is 14.0. The van der Waals surface area contributed by atoms with E-state index in [0.29, 0.717) is 6.54 Å². The smallest absolute Gasteiger partial charge is 0.231 e. The van der Waals surface area contributed by atoms with Gasteiger partial charge in [0.2, 0.25) is 6.79 Å². The Morgan fingerprint density at radius 2 is 1.86 bits per heavy atom. The zero-order valence-electron chi connectivity index (χ0n) is 16.1. The zero-order valence-corrected chi connectivity index (χ0v) is 18.5. The van der Waals surface area contributed by atoms with Crippen LogP contribution in [0.25, 0.3) is 10.9 Å². The van der Waals surface area contributed by atoms with Gasteiger partial charge in [0.1, 0.15) is 5.82 Å². The van der Waals surface area contributed by atoms with Crippen LogP contribution in [-0.2, 0) is 12.8 Å². The highest BCUT2D eigenvalue weighted by Crippen LogP contribution is 2.32. The fourth-order valence-electron chi connectivity index (χ4n) is 3.32. The molecule has 2 aromatic carbocycles. The van der Waals surface area contributed by atoms with Gasteiger partial charge in [-0.3, -0.25) is 4.99 Å². The molecule has 0 bridgehead atoms. The maximum Gasteiger partial charge on any atom is 0.231 e. The average Bonchev–Trinajstić information content (AvgIpc) is 3.33. The van der Waals surface area contributed by atoms with Gasteiger partial charge in [-0.25, -0.2) is 4.39 Å². The lowest BCUT2D eigenvalue weighted by Crippen LogP contribution is -2.39. The van der Waals surface area contributed by atoms with Crippen LogP contribution < -0.4 is 20.1 Å². The fourth-order valence-corrected chi connectivity index (χ4v) is 3.32. The molecule has 0 unspecified atom stereocenters. The Bertz CT molecular complexity index is 1010. The SMILES string of the molecule is CN=C(NCCc1ccc2c(c1)OCO2)NCCc1c[nH]c2ccc(F)cc12.I.